The van der Waals surface area contributed by atoms with Gasteiger partial charge in [-0.1, -0.05) is 13.8 Å². The van der Waals surface area contributed by atoms with Crippen molar-refractivity contribution in [1.29, 1.82) is 0 Å². The summed E-state index contributed by atoms with van der Waals surface area (Å²) in [6, 6.07) is 3.09. The number of aryl methyl sites for hydroxylation is 1. The van der Waals surface area contributed by atoms with E-state index in [1.807, 2.05) is 13.8 Å². The number of rotatable bonds is 5. The normalized spacial score (nSPS) is 16.3. The molecule has 0 fully saturated rings. The van der Waals surface area contributed by atoms with Gasteiger partial charge in [0, 0.05) is 0 Å². The Morgan fingerprint density at radius 2 is 2.00 bits per heavy atom. The molecular weight excluding hydrogens is 251 g/mol. The van der Waals surface area contributed by atoms with Crippen LogP contribution >= 0.6 is 7.60 Å². The lowest BCUT2D eigenvalue weighted by molar-refractivity contribution is 0.284. The summed E-state index contributed by atoms with van der Waals surface area (Å²) < 4.78 is 16.9. The van der Waals surface area contributed by atoms with Crippen LogP contribution in [0.4, 0.5) is 0 Å². The van der Waals surface area contributed by atoms with Gasteiger partial charge >= 0.3 is 7.60 Å². The van der Waals surface area contributed by atoms with Crippen LogP contribution in [0.2, 0.25) is 0 Å². The minimum atomic E-state index is -3.78. The van der Waals surface area contributed by atoms with E-state index >= 15 is 0 Å². The summed E-state index contributed by atoms with van der Waals surface area (Å²) in [7, 11) is -3.78. The van der Waals surface area contributed by atoms with E-state index in [2.05, 4.69) is 0 Å². The third-order valence-corrected chi connectivity index (χ3v) is 4.61. The van der Waals surface area contributed by atoms with E-state index in [1.165, 1.54) is 6.07 Å². The summed E-state index contributed by atoms with van der Waals surface area (Å²) in [6.07, 6.45) is 0.848. The summed E-state index contributed by atoms with van der Waals surface area (Å²) >= 11 is 0. The molecule has 0 amide bonds. The maximum atomic E-state index is 12.0. The molecule has 4 nitrogen and oxygen atoms in total. The molecule has 102 valence electrons. The van der Waals surface area contributed by atoms with Crippen LogP contribution in [0.15, 0.2) is 12.1 Å². The molecule has 2 N–H and O–H groups in total. The van der Waals surface area contributed by atoms with Crippen molar-refractivity contribution in [3.8, 4) is 5.75 Å². The van der Waals surface area contributed by atoms with E-state index in [9.17, 15) is 14.6 Å². The quantitative estimate of drug-likeness (QED) is 0.808. The number of aromatic hydroxyl groups is 1. The summed E-state index contributed by atoms with van der Waals surface area (Å²) in [6.45, 7) is 7.54. The van der Waals surface area contributed by atoms with Crippen LogP contribution in [0.1, 0.15) is 44.2 Å². The van der Waals surface area contributed by atoms with Crippen LogP contribution in [0.3, 0.4) is 0 Å². The second-order valence-corrected chi connectivity index (χ2v) is 6.26. The third-order valence-electron chi connectivity index (χ3n) is 3.09. The fourth-order valence-corrected chi connectivity index (χ4v) is 2.95. The molecule has 2 unspecified atom stereocenters. The Morgan fingerprint density at radius 1 is 1.39 bits per heavy atom. The zero-order valence-electron chi connectivity index (χ0n) is 11.3. The molecule has 5 heteroatoms. The number of hydrogen-bond donors (Lipinski definition) is 2. The van der Waals surface area contributed by atoms with Crippen LogP contribution in [0.25, 0.3) is 0 Å². The standard InChI is InChI=1S/C13H21O4P/c1-5-9(3)12-8-11(7-10(4)13(12)14)18(15,16)17-6-2/h7-9,14H,5-6H2,1-4H3,(H,15,16). The van der Waals surface area contributed by atoms with Gasteiger partial charge in [-0.3, -0.25) is 4.57 Å². The molecule has 18 heavy (non-hydrogen) atoms. The molecule has 0 aliphatic carbocycles. The minimum absolute atomic E-state index is 0.130. The highest BCUT2D eigenvalue weighted by Gasteiger charge is 2.25. The average Bonchev–Trinajstić information content (AvgIpc) is 2.31. The van der Waals surface area contributed by atoms with Gasteiger partial charge in [0.2, 0.25) is 0 Å². The fraction of sp³-hybridized carbons (Fsp3) is 0.538. The van der Waals surface area contributed by atoms with Gasteiger partial charge in [0.05, 0.1) is 11.9 Å². The first-order valence-electron chi connectivity index (χ1n) is 6.14. The zero-order chi connectivity index (χ0) is 13.9. The van der Waals surface area contributed by atoms with Gasteiger partial charge in [-0.2, -0.15) is 0 Å². The summed E-state index contributed by atoms with van der Waals surface area (Å²) in [4.78, 5) is 9.83. The summed E-state index contributed by atoms with van der Waals surface area (Å²) in [5.41, 5.74) is 1.29. The van der Waals surface area contributed by atoms with Gasteiger partial charge in [0.1, 0.15) is 5.75 Å². The Morgan fingerprint density at radius 3 is 2.50 bits per heavy atom. The lowest BCUT2D eigenvalue weighted by Gasteiger charge is -2.17. The zero-order valence-corrected chi connectivity index (χ0v) is 12.2. The molecule has 1 aromatic carbocycles. The monoisotopic (exact) mass is 272 g/mol. The van der Waals surface area contributed by atoms with Gasteiger partial charge in [-0.15, -0.1) is 0 Å². The Hall–Kier alpha value is -0.830. The minimum Gasteiger partial charge on any atom is -0.507 e. The van der Waals surface area contributed by atoms with Crippen molar-refractivity contribution in [2.45, 2.75) is 40.0 Å². The number of benzene rings is 1. The SMILES string of the molecule is CCOP(=O)(O)c1cc(C)c(O)c(C(C)CC)c1. The second-order valence-electron chi connectivity index (χ2n) is 4.45. The van der Waals surface area contributed by atoms with Gasteiger partial charge in [0.15, 0.2) is 0 Å². The fourth-order valence-electron chi connectivity index (χ4n) is 1.80. The van der Waals surface area contributed by atoms with E-state index in [-0.39, 0.29) is 23.6 Å². The number of phenolic OH excluding ortho intramolecular Hbond substituents is 1. The highest BCUT2D eigenvalue weighted by molar-refractivity contribution is 7.61. The van der Waals surface area contributed by atoms with Crippen molar-refractivity contribution in [3.63, 3.8) is 0 Å². The molecule has 0 saturated carbocycles. The van der Waals surface area contributed by atoms with E-state index < -0.39 is 7.60 Å². The van der Waals surface area contributed by atoms with Gasteiger partial charge in [-0.25, -0.2) is 0 Å². The Labute approximate surface area is 108 Å². The topological polar surface area (TPSA) is 66.8 Å². The van der Waals surface area contributed by atoms with Crippen molar-refractivity contribution < 1.29 is 19.1 Å². The van der Waals surface area contributed by atoms with Crippen molar-refractivity contribution in [2.24, 2.45) is 0 Å². The number of phenols is 1. The van der Waals surface area contributed by atoms with Gasteiger partial charge < -0.3 is 14.5 Å². The van der Waals surface area contributed by atoms with E-state index in [4.69, 9.17) is 4.52 Å². The third kappa shape index (κ3) is 3.14. The Kier molecular flexibility index (Phi) is 4.97. The Balaban J connectivity index is 3.32. The molecule has 0 spiro atoms. The van der Waals surface area contributed by atoms with Gasteiger partial charge in [-0.05, 0) is 49.4 Å². The van der Waals surface area contributed by atoms with Crippen LogP contribution < -0.4 is 5.30 Å². The van der Waals surface area contributed by atoms with Crippen molar-refractivity contribution in [1.82, 2.24) is 0 Å². The molecule has 0 saturated heterocycles. The largest absolute Gasteiger partial charge is 0.507 e. The van der Waals surface area contributed by atoms with Crippen LogP contribution in [-0.2, 0) is 9.09 Å². The molecule has 0 heterocycles. The first-order chi connectivity index (χ1) is 8.33. The molecule has 1 rings (SSSR count). The lowest BCUT2D eigenvalue weighted by atomic mass is 9.96. The number of hydrogen-bond acceptors (Lipinski definition) is 3. The highest BCUT2D eigenvalue weighted by atomic mass is 31.2. The van der Waals surface area contributed by atoms with Crippen LogP contribution in [0.5, 0.6) is 5.75 Å². The Bertz CT molecular complexity index is 470. The molecule has 0 aromatic heterocycles. The van der Waals surface area contributed by atoms with E-state index in [0.717, 1.165) is 6.42 Å². The average molecular weight is 272 g/mol. The first-order valence-corrected chi connectivity index (χ1v) is 7.72. The highest BCUT2D eigenvalue weighted by Crippen LogP contribution is 2.43. The second kappa shape index (κ2) is 5.87. The predicted molar refractivity (Wildman–Crippen MR) is 72.6 cm³/mol. The maximum absolute atomic E-state index is 12.0. The lowest BCUT2D eigenvalue weighted by Crippen LogP contribution is -2.10. The predicted octanol–water partition coefficient (Wildman–Crippen LogP) is 3.06. The van der Waals surface area contributed by atoms with Crippen molar-refractivity contribution >= 4 is 12.9 Å². The maximum Gasteiger partial charge on any atom is 0.358 e. The van der Waals surface area contributed by atoms with Crippen LogP contribution in [0, 0.1) is 6.92 Å². The molecule has 0 radical (unpaired) electrons. The molecule has 0 aliphatic rings. The first kappa shape index (κ1) is 15.2. The molecular formula is C13H21O4P. The van der Waals surface area contributed by atoms with Crippen molar-refractivity contribution in [3.05, 3.63) is 23.3 Å². The summed E-state index contributed by atoms with van der Waals surface area (Å²) in [5, 5.41) is 10.3. The van der Waals surface area contributed by atoms with E-state index in [0.29, 0.717) is 11.1 Å². The molecule has 0 aliphatic heterocycles. The molecule has 2 atom stereocenters. The van der Waals surface area contributed by atoms with Crippen LogP contribution in [-0.4, -0.2) is 16.6 Å². The molecule has 0 bridgehead atoms. The summed E-state index contributed by atoms with van der Waals surface area (Å²) in [5.74, 6) is 0.329. The molecule has 1 aromatic rings. The smallest absolute Gasteiger partial charge is 0.358 e. The van der Waals surface area contributed by atoms with E-state index in [1.54, 1.807) is 19.9 Å². The van der Waals surface area contributed by atoms with Crippen molar-refractivity contribution in [2.75, 3.05) is 6.61 Å². The van der Waals surface area contributed by atoms with Gasteiger partial charge in [0.25, 0.3) is 0 Å².